The van der Waals surface area contributed by atoms with Crippen LogP contribution in [-0.4, -0.2) is 50.6 Å². The summed E-state index contributed by atoms with van der Waals surface area (Å²) in [5.41, 5.74) is 0.631. The standard InChI is InChI=1S/C26H27F2N5O3S/c1-26(2,15-34)12-16(13-29)24(36)32-11-5-6-17(32)14-33-19-8-4-3-7-18(19)30-25(33)31-23(35)21-10-9-20(37-21)22(27)28/h3-4,7-10,12,17,22,34H,5-6,11,14-15H2,1-2H3,(H,30,31,35)/t17-/m1/s1. The number of amides is 2. The molecule has 1 saturated heterocycles. The maximum Gasteiger partial charge on any atom is 0.272 e. The summed E-state index contributed by atoms with van der Waals surface area (Å²) in [5, 5.41) is 21.9. The fourth-order valence-electron chi connectivity index (χ4n) is 4.35. The summed E-state index contributed by atoms with van der Waals surface area (Å²) in [6.45, 7) is 4.06. The van der Waals surface area contributed by atoms with Crippen LogP contribution in [-0.2, 0) is 11.3 Å². The van der Waals surface area contributed by atoms with Crippen molar-refractivity contribution in [2.75, 3.05) is 18.5 Å². The Labute approximate surface area is 216 Å². The van der Waals surface area contributed by atoms with Gasteiger partial charge in [0.05, 0.1) is 33.4 Å². The average Bonchev–Trinajstić information content (AvgIpc) is 3.62. The Bertz CT molecular complexity index is 1390. The molecule has 0 saturated carbocycles. The van der Waals surface area contributed by atoms with Crippen LogP contribution in [0.3, 0.4) is 0 Å². The molecular weight excluding hydrogens is 500 g/mol. The van der Waals surface area contributed by atoms with Gasteiger partial charge in [0.2, 0.25) is 5.95 Å². The molecule has 0 aliphatic carbocycles. The Hall–Kier alpha value is -3.62. The molecule has 3 heterocycles. The molecule has 4 rings (SSSR count). The van der Waals surface area contributed by atoms with Crippen molar-refractivity contribution in [1.82, 2.24) is 14.5 Å². The number of nitrogens with zero attached hydrogens (tertiary/aromatic N) is 4. The molecule has 1 aromatic carbocycles. The van der Waals surface area contributed by atoms with Gasteiger partial charge >= 0.3 is 0 Å². The first-order chi connectivity index (χ1) is 17.6. The van der Waals surface area contributed by atoms with Crippen molar-refractivity contribution in [2.45, 2.75) is 45.7 Å². The van der Waals surface area contributed by atoms with Crippen LogP contribution in [0, 0.1) is 16.7 Å². The second-order valence-electron chi connectivity index (χ2n) is 9.60. The number of nitrogens with one attached hydrogen (secondary N) is 1. The zero-order valence-electron chi connectivity index (χ0n) is 20.4. The number of hydrogen-bond acceptors (Lipinski definition) is 6. The van der Waals surface area contributed by atoms with E-state index in [0.717, 1.165) is 23.3 Å². The van der Waals surface area contributed by atoms with Crippen molar-refractivity contribution in [2.24, 2.45) is 5.41 Å². The third-order valence-electron chi connectivity index (χ3n) is 6.27. The number of nitriles is 1. The van der Waals surface area contributed by atoms with E-state index in [0.29, 0.717) is 25.0 Å². The quantitative estimate of drug-likeness (QED) is 0.325. The lowest BCUT2D eigenvalue weighted by molar-refractivity contribution is -0.127. The number of carbonyl (C=O) groups excluding carboxylic acids is 2. The zero-order chi connectivity index (χ0) is 26.7. The maximum atomic E-state index is 13.3. The number of aliphatic hydroxyl groups is 1. The first-order valence-electron chi connectivity index (χ1n) is 11.8. The number of fused-ring (bicyclic) bond motifs is 1. The molecular formula is C26H27F2N5O3S. The molecule has 2 amide bonds. The highest BCUT2D eigenvalue weighted by Gasteiger charge is 2.33. The summed E-state index contributed by atoms with van der Waals surface area (Å²) in [6.07, 6.45) is 0.282. The second-order valence-corrected chi connectivity index (χ2v) is 10.7. The van der Waals surface area contributed by atoms with E-state index < -0.39 is 23.7 Å². The SMILES string of the molecule is CC(C)(C=C(C#N)C(=O)N1CCC[C@@H]1Cn1c(NC(=O)c2ccc(C(F)F)s2)nc2ccccc21)CO. The minimum absolute atomic E-state index is 0.0255. The molecule has 0 unspecified atom stereocenters. The molecule has 1 aliphatic heterocycles. The Morgan fingerprint density at radius 1 is 1.32 bits per heavy atom. The number of carbonyl (C=O) groups is 2. The minimum Gasteiger partial charge on any atom is -0.395 e. The Morgan fingerprint density at radius 2 is 2.08 bits per heavy atom. The van der Waals surface area contributed by atoms with E-state index in [4.69, 9.17) is 0 Å². The molecule has 1 aliphatic rings. The van der Waals surface area contributed by atoms with Gasteiger partial charge in [-0.3, -0.25) is 14.9 Å². The molecule has 0 spiro atoms. The van der Waals surface area contributed by atoms with Crippen LogP contribution >= 0.6 is 11.3 Å². The van der Waals surface area contributed by atoms with E-state index in [1.54, 1.807) is 29.4 Å². The summed E-state index contributed by atoms with van der Waals surface area (Å²) in [7, 11) is 0. The van der Waals surface area contributed by atoms with Gasteiger partial charge in [0.1, 0.15) is 11.6 Å². The summed E-state index contributed by atoms with van der Waals surface area (Å²) in [4.78, 5) is 32.3. The number of aliphatic hydroxyl groups excluding tert-OH is 1. The van der Waals surface area contributed by atoms with Gasteiger partial charge in [0, 0.05) is 18.5 Å². The molecule has 2 N–H and O–H groups in total. The summed E-state index contributed by atoms with van der Waals surface area (Å²) >= 11 is 0.724. The molecule has 37 heavy (non-hydrogen) atoms. The van der Waals surface area contributed by atoms with E-state index in [9.17, 15) is 28.7 Å². The van der Waals surface area contributed by atoms with E-state index in [-0.39, 0.29) is 33.9 Å². The normalized spacial score (nSPS) is 16.4. The van der Waals surface area contributed by atoms with Crippen molar-refractivity contribution in [3.8, 4) is 6.07 Å². The molecule has 0 bridgehead atoms. The predicted octanol–water partition coefficient (Wildman–Crippen LogP) is 4.75. The van der Waals surface area contributed by atoms with E-state index in [2.05, 4.69) is 10.3 Å². The molecule has 194 valence electrons. The number of rotatable bonds is 8. The first kappa shape index (κ1) is 26.4. The van der Waals surface area contributed by atoms with Crippen LogP contribution in [0.2, 0.25) is 0 Å². The van der Waals surface area contributed by atoms with Gasteiger partial charge in [-0.1, -0.05) is 32.1 Å². The smallest absolute Gasteiger partial charge is 0.272 e. The van der Waals surface area contributed by atoms with E-state index >= 15 is 0 Å². The number of anilines is 1. The number of para-hydroxylation sites is 2. The van der Waals surface area contributed by atoms with Gasteiger partial charge in [0.15, 0.2) is 0 Å². The van der Waals surface area contributed by atoms with Gasteiger partial charge < -0.3 is 14.6 Å². The van der Waals surface area contributed by atoms with E-state index in [1.807, 2.05) is 24.3 Å². The fourth-order valence-corrected chi connectivity index (χ4v) is 5.11. The van der Waals surface area contributed by atoms with Crippen LogP contribution < -0.4 is 5.32 Å². The van der Waals surface area contributed by atoms with Gasteiger partial charge in [-0.15, -0.1) is 11.3 Å². The number of imidazole rings is 1. The van der Waals surface area contributed by atoms with Crippen LogP contribution in [0.4, 0.5) is 14.7 Å². The lowest BCUT2D eigenvalue weighted by Crippen LogP contribution is -2.39. The molecule has 1 fully saturated rings. The number of hydrogen-bond donors (Lipinski definition) is 2. The Morgan fingerprint density at radius 3 is 2.76 bits per heavy atom. The highest BCUT2D eigenvalue weighted by molar-refractivity contribution is 7.14. The summed E-state index contributed by atoms with van der Waals surface area (Å²) in [6, 6.07) is 11.6. The van der Waals surface area contributed by atoms with E-state index in [1.165, 1.54) is 18.2 Å². The lowest BCUT2D eigenvalue weighted by atomic mass is 9.91. The highest BCUT2D eigenvalue weighted by Crippen LogP contribution is 2.30. The average molecular weight is 528 g/mol. The van der Waals surface area contributed by atoms with Gasteiger partial charge in [0.25, 0.3) is 18.2 Å². The van der Waals surface area contributed by atoms with Crippen molar-refractivity contribution in [1.29, 1.82) is 5.26 Å². The van der Waals surface area contributed by atoms with Crippen molar-refractivity contribution >= 4 is 40.1 Å². The topological polar surface area (TPSA) is 111 Å². The number of likely N-dealkylation sites (tertiary alicyclic amines) is 1. The Kier molecular flexibility index (Phi) is 7.71. The number of halogens is 2. The van der Waals surface area contributed by atoms with Gasteiger partial charge in [-0.2, -0.15) is 5.26 Å². The largest absolute Gasteiger partial charge is 0.395 e. The van der Waals surface area contributed by atoms with Crippen LogP contribution in [0.15, 0.2) is 48.0 Å². The maximum absolute atomic E-state index is 13.3. The fraction of sp³-hybridized carbons (Fsp3) is 0.385. The van der Waals surface area contributed by atoms with Crippen molar-refractivity contribution in [3.05, 3.63) is 57.8 Å². The first-order valence-corrected chi connectivity index (χ1v) is 12.6. The van der Waals surface area contributed by atoms with Crippen LogP contribution in [0.5, 0.6) is 0 Å². The summed E-state index contributed by atoms with van der Waals surface area (Å²) < 4.78 is 27.8. The monoisotopic (exact) mass is 527 g/mol. The number of thiophene rings is 1. The van der Waals surface area contributed by atoms with Crippen LogP contribution in [0.1, 0.15) is 47.7 Å². The number of benzene rings is 1. The third kappa shape index (κ3) is 5.70. The zero-order valence-corrected chi connectivity index (χ0v) is 21.3. The highest BCUT2D eigenvalue weighted by atomic mass is 32.1. The molecule has 11 heteroatoms. The predicted molar refractivity (Wildman–Crippen MR) is 136 cm³/mol. The molecule has 2 aromatic heterocycles. The molecule has 8 nitrogen and oxygen atoms in total. The van der Waals surface area contributed by atoms with Gasteiger partial charge in [-0.25, -0.2) is 13.8 Å². The lowest BCUT2D eigenvalue weighted by Gasteiger charge is -2.26. The second kappa shape index (κ2) is 10.8. The van der Waals surface area contributed by atoms with Crippen LogP contribution in [0.25, 0.3) is 11.0 Å². The number of aromatic nitrogens is 2. The molecule has 0 radical (unpaired) electrons. The minimum atomic E-state index is -2.66. The van der Waals surface area contributed by atoms with Gasteiger partial charge in [-0.05, 0) is 37.1 Å². The molecule has 3 aromatic rings. The van der Waals surface area contributed by atoms with Crippen molar-refractivity contribution < 1.29 is 23.5 Å². The summed E-state index contributed by atoms with van der Waals surface area (Å²) in [5.74, 6) is -0.705. The Balaban J connectivity index is 1.62. The molecule has 1 atom stereocenters. The van der Waals surface area contributed by atoms with Crippen molar-refractivity contribution in [3.63, 3.8) is 0 Å². The number of alkyl halides is 2. The third-order valence-corrected chi connectivity index (χ3v) is 7.36.